The van der Waals surface area contributed by atoms with Gasteiger partial charge < -0.3 is 10.2 Å². The van der Waals surface area contributed by atoms with Gasteiger partial charge in [-0.15, -0.1) is 0 Å². The van der Waals surface area contributed by atoms with Crippen LogP contribution >= 0.6 is 0 Å². The maximum atomic E-state index is 11.5. The van der Waals surface area contributed by atoms with Gasteiger partial charge in [-0.1, -0.05) is 38.5 Å². The highest BCUT2D eigenvalue weighted by Gasteiger charge is 2.03. The molecule has 0 unspecified atom stereocenters. The van der Waals surface area contributed by atoms with E-state index in [4.69, 9.17) is 10.2 Å². The number of carbonyl (C=O) groups excluding carboxylic acids is 1. The summed E-state index contributed by atoms with van der Waals surface area (Å²) in [5.41, 5.74) is 0. The van der Waals surface area contributed by atoms with Gasteiger partial charge in [0, 0.05) is 25.9 Å². The minimum atomic E-state index is -0.781. The Balaban J connectivity index is 3.17. The van der Waals surface area contributed by atoms with Crippen LogP contribution in [0.3, 0.4) is 0 Å². The summed E-state index contributed by atoms with van der Waals surface area (Å²) in [7, 11) is 0. The molecule has 0 rings (SSSR count). The molecule has 0 aromatic heterocycles. The second-order valence-electron chi connectivity index (χ2n) is 5.44. The first-order valence-corrected chi connectivity index (χ1v) is 8.01. The number of carboxylic acid groups (broad SMARTS) is 1. The average Bonchev–Trinajstić information content (AvgIpc) is 2.41. The van der Waals surface area contributed by atoms with E-state index in [-0.39, 0.29) is 12.2 Å². The molecular weight excluding hydrogens is 256 g/mol. The van der Waals surface area contributed by atoms with Gasteiger partial charge >= 0.3 is 5.97 Å². The zero-order valence-electron chi connectivity index (χ0n) is 12.6. The Kier molecular flexibility index (Phi) is 13.9. The third kappa shape index (κ3) is 15.2. The van der Waals surface area contributed by atoms with Crippen molar-refractivity contribution >= 4 is 11.8 Å². The van der Waals surface area contributed by atoms with Crippen LogP contribution in [0.1, 0.15) is 83.5 Å². The molecule has 4 nitrogen and oxygen atoms in total. The van der Waals surface area contributed by atoms with Crippen molar-refractivity contribution < 1.29 is 19.8 Å². The van der Waals surface area contributed by atoms with E-state index in [9.17, 15) is 9.59 Å². The van der Waals surface area contributed by atoms with Crippen LogP contribution in [-0.4, -0.2) is 28.6 Å². The third-order valence-electron chi connectivity index (χ3n) is 3.46. The molecule has 0 aliphatic heterocycles. The van der Waals surface area contributed by atoms with E-state index in [0.717, 1.165) is 25.7 Å². The minimum absolute atomic E-state index is 0.170. The number of aliphatic carboxylic acids is 1. The van der Waals surface area contributed by atoms with Crippen LogP contribution in [0.5, 0.6) is 0 Å². The molecule has 4 heteroatoms. The normalized spacial score (nSPS) is 10.7. The number of carboxylic acids is 1. The zero-order chi connectivity index (χ0) is 15.1. The van der Waals surface area contributed by atoms with Gasteiger partial charge in [0.25, 0.3) is 0 Å². The van der Waals surface area contributed by atoms with E-state index < -0.39 is 5.97 Å². The molecule has 0 aromatic rings. The van der Waals surface area contributed by atoms with Crippen molar-refractivity contribution in [3.8, 4) is 0 Å². The number of rotatable bonds is 15. The lowest BCUT2D eigenvalue weighted by Gasteiger charge is -2.02. The Morgan fingerprint density at radius 1 is 0.600 bits per heavy atom. The largest absolute Gasteiger partial charge is 0.481 e. The van der Waals surface area contributed by atoms with Crippen molar-refractivity contribution in [2.45, 2.75) is 83.5 Å². The number of hydrogen-bond donors (Lipinski definition) is 2. The molecule has 0 saturated heterocycles. The number of Topliss-reactive ketones (excluding diaryl/α,β-unsaturated/α-hetero) is 1. The lowest BCUT2D eigenvalue weighted by Crippen LogP contribution is -1.99. The van der Waals surface area contributed by atoms with Crippen molar-refractivity contribution in [1.29, 1.82) is 0 Å². The highest BCUT2D eigenvalue weighted by molar-refractivity contribution is 5.78. The zero-order valence-corrected chi connectivity index (χ0v) is 12.6. The number of carbonyl (C=O) groups is 2. The summed E-state index contributed by atoms with van der Waals surface area (Å²) in [5.74, 6) is -0.505. The van der Waals surface area contributed by atoms with Crippen molar-refractivity contribution in [2.75, 3.05) is 6.61 Å². The highest BCUT2D eigenvalue weighted by Crippen LogP contribution is 2.11. The second-order valence-corrected chi connectivity index (χ2v) is 5.44. The van der Waals surface area contributed by atoms with E-state index in [1.165, 1.54) is 25.7 Å². The Morgan fingerprint density at radius 3 is 1.50 bits per heavy atom. The van der Waals surface area contributed by atoms with Crippen molar-refractivity contribution in [1.82, 2.24) is 0 Å². The molecule has 0 saturated carbocycles. The van der Waals surface area contributed by atoms with Crippen LogP contribution in [-0.2, 0) is 9.59 Å². The van der Waals surface area contributed by atoms with E-state index in [2.05, 4.69) is 0 Å². The van der Waals surface area contributed by atoms with Gasteiger partial charge in [0.2, 0.25) is 0 Å². The average molecular weight is 286 g/mol. The lowest BCUT2D eigenvalue weighted by atomic mass is 10.0. The maximum absolute atomic E-state index is 11.5. The lowest BCUT2D eigenvalue weighted by molar-refractivity contribution is -0.137. The number of ketones is 1. The van der Waals surface area contributed by atoms with Crippen LogP contribution < -0.4 is 0 Å². The number of hydrogen-bond acceptors (Lipinski definition) is 3. The third-order valence-corrected chi connectivity index (χ3v) is 3.46. The predicted octanol–water partition coefficient (Wildman–Crippen LogP) is 3.70. The first-order valence-electron chi connectivity index (χ1n) is 8.01. The fourth-order valence-corrected chi connectivity index (χ4v) is 2.22. The van der Waals surface area contributed by atoms with Crippen molar-refractivity contribution in [2.24, 2.45) is 0 Å². The van der Waals surface area contributed by atoms with Gasteiger partial charge in [-0.3, -0.25) is 9.59 Å². The number of aliphatic hydroxyl groups excluding tert-OH is 1. The topological polar surface area (TPSA) is 74.6 Å². The number of aliphatic hydroxyl groups is 1. The molecular formula is C16H30O4. The monoisotopic (exact) mass is 286 g/mol. The summed E-state index contributed by atoms with van der Waals surface area (Å²) in [6, 6.07) is 0. The first kappa shape index (κ1) is 19.1. The molecule has 0 aliphatic carbocycles. The summed E-state index contributed by atoms with van der Waals surface area (Å²) >= 11 is 0. The van der Waals surface area contributed by atoms with Crippen LogP contribution in [0.2, 0.25) is 0 Å². The van der Waals surface area contributed by atoms with Gasteiger partial charge in [0.1, 0.15) is 5.78 Å². The van der Waals surface area contributed by atoms with Crippen LogP contribution in [0.15, 0.2) is 0 Å². The summed E-state index contributed by atoms with van der Waals surface area (Å²) in [4.78, 5) is 21.8. The Bertz CT molecular complexity index is 251. The van der Waals surface area contributed by atoms with E-state index in [1.54, 1.807) is 0 Å². The van der Waals surface area contributed by atoms with Crippen LogP contribution in [0.25, 0.3) is 0 Å². The summed E-state index contributed by atoms with van der Waals surface area (Å²) in [5, 5.41) is 17.1. The number of unbranched alkanes of at least 4 members (excludes halogenated alkanes) is 8. The fourth-order valence-electron chi connectivity index (χ4n) is 2.22. The molecule has 0 radical (unpaired) electrons. The molecule has 0 aliphatic rings. The first-order chi connectivity index (χ1) is 9.66. The van der Waals surface area contributed by atoms with Gasteiger partial charge in [0.15, 0.2) is 0 Å². The van der Waals surface area contributed by atoms with Crippen molar-refractivity contribution in [3.05, 3.63) is 0 Å². The summed E-state index contributed by atoms with van der Waals surface area (Å²) < 4.78 is 0. The SMILES string of the molecule is O=C(O)CCCCC(=O)CCCCCCCCCCO. The fraction of sp³-hybridized carbons (Fsp3) is 0.875. The van der Waals surface area contributed by atoms with E-state index in [0.29, 0.717) is 32.3 Å². The molecule has 20 heavy (non-hydrogen) atoms. The molecule has 0 aromatic carbocycles. The maximum Gasteiger partial charge on any atom is 0.303 e. The molecule has 0 bridgehead atoms. The minimum Gasteiger partial charge on any atom is -0.481 e. The van der Waals surface area contributed by atoms with Gasteiger partial charge in [0.05, 0.1) is 0 Å². The smallest absolute Gasteiger partial charge is 0.303 e. The molecule has 0 heterocycles. The molecule has 0 spiro atoms. The Morgan fingerprint density at radius 2 is 1.00 bits per heavy atom. The Labute approximate surface area is 122 Å². The molecule has 0 amide bonds. The van der Waals surface area contributed by atoms with Crippen molar-refractivity contribution in [3.63, 3.8) is 0 Å². The van der Waals surface area contributed by atoms with E-state index in [1.807, 2.05) is 0 Å². The molecule has 2 N–H and O–H groups in total. The standard InChI is InChI=1S/C16H30O4/c17-14-10-6-4-2-1-3-5-7-11-15(18)12-8-9-13-16(19)20/h17H,1-14H2,(H,19,20). The molecule has 118 valence electrons. The molecule has 0 atom stereocenters. The highest BCUT2D eigenvalue weighted by atomic mass is 16.4. The van der Waals surface area contributed by atoms with E-state index >= 15 is 0 Å². The Hall–Kier alpha value is -0.900. The van der Waals surface area contributed by atoms with Crippen LogP contribution in [0, 0.1) is 0 Å². The van der Waals surface area contributed by atoms with Gasteiger partial charge in [-0.05, 0) is 25.7 Å². The quantitative estimate of drug-likeness (QED) is 0.450. The second kappa shape index (κ2) is 14.5. The molecule has 0 fully saturated rings. The van der Waals surface area contributed by atoms with Gasteiger partial charge in [-0.2, -0.15) is 0 Å². The van der Waals surface area contributed by atoms with Crippen LogP contribution in [0.4, 0.5) is 0 Å². The summed E-state index contributed by atoms with van der Waals surface area (Å²) in [6.07, 6.45) is 11.6. The summed E-state index contributed by atoms with van der Waals surface area (Å²) in [6.45, 7) is 0.300. The predicted molar refractivity (Wildman–Crippen MR) is 79.7 cm³/mol. The van der Waals surface area contributed by atoms with Gasteiger partial charge in [-0.25, -0.2) is 0 Å².